The number of amidine groups is 1. The molecule has 29 heavy (non-hydrogen) atoms. The van der Waals surface area contributed by atoms with E-state index < -0.39 is 0 Å². The summed E-state index contributed by atoms with van der Waals surface area (Å²) in [5.74, 6) is 1.14. The van der Waals surface area contributed by atoms with Gasteiger partial charge in [0.05, 0.1) is 16.5 Å². The number of nitrogens with zero attached hydrogens (tertiary/aromatic N) is 2. The molecule has 1 fully saturated rings. The van der Waals surface area contributed by atoms with Crippen LogP contribution in [0.2, 0.25) is 5.02 Å². The zero-order valence-electron chi connectivity index (χ0n) is 15.0. The summed E-state index contributed by atoms with van der Waals surface area (Å²) in [5.41, 5.74) is 1.91. The van der Waals surface area contributed by atoms with Crippen LogP contribution >= 0.6 is 39.3 Å². The Kier molecular flexibility index (Phi) is 6.18. The lowest BCUT2D eigenvalue weighted by atomic mass is 10.1. The molecule has 0 saturated carbocycles. The van der Waals surface area contributed by atoms with Gasteiger partial charge in [-0.15, -0.1) is 5.10 Å². The zero-order chi connectivity index (χ0) is 20.2. The van der Waals surface area contributed by atoms with Gasteiger partial charge in [0.1, 0.15) is 11.5 Å². The number of rotatable bonds is 5. The van der Waals surface area contributed by atoms with E-state index in [1.807, 2.05) is 54.6 Å². The number of halogens is 2. The molecule has 1 aromatic heterocycles. The summed E-state index contributed by atoms with van der Waals surface area (Å²) in [4.78, 5) is 12.2. The van der Waals surface area contributed by atoms with Crippen molar-refractivity contribution in [2.24, 2.45) is 10.2 Å². The molecule has 0 bridgehead atoms. The molecule has 1 amide bonds. The Labute approximate surface area is 185 Å². The predicted molar refractivity (Wildman–Crippen MR) is 122 cm³/mol. The minimum absolute atomic E-state index is 0.0640. The van der Waals surface area contributed by atoms with Crippen LogP contribution in [-0.4, -0.2) is 22.5 Å². The largest absolute Gasteiger partial charge is 0.455 e. The predicted octanol–water partition coefficient (Wildman–Crippen LogP) is 5.53. The average Bonchev–Trinajstić information content (AvgIpc) is 3.31. The van der Waals surface area contributed by atoms with E-state index in [0.717, 1.165) is 15.6 Å². The van der Waals surface area contributed by atoms with Gasteiger partial charge < -0.3 is 9.73 Å². The third-order valence-corrected chi connectivity index (χ3v) is 6.14. The van der Waals surface area contributed by atoms with Crippen LogP contribution in [-0.2, 0) is 11.2 Å². The molecule has 8 heteroatoms. The summed E-state index contributed by atoms with van der Waals surface area (Å²) < 4.78 is 6.76. The van der Waals surface area contributed by atoms with Gasteiger partial charge in [0.25, 0.3) is 0 Å². The first-order valence-corrected chi connectivity index (χ1v) is 10.8. The molecule has 5 nitrogen and oxygen atoms in total. The lowest BCUT2D eigenvalue weighted by molar-refractivity contribution is -0.118. The summed E-state index contributed by atoms with van der Waals surface area (Å²) in [5, 5.41) is 11.8. The van der Waals surface area contributed by atoms with Gasteiger partial charge in [-0.3, -0.25) is 4.79 Å². The minimum atomic E-state index is -0.222. The number of carbonyl (C=O) groups is 1. The van der Waals surface area contributed by atoms with E-state index in [4.69, 9.17) is 16.0 Å². The van der Waals surface area contributed by atoms with Crippen molar-refractivity contribution in [3.8, 4) is 11.3 Å². The quantitative estimate of drug-likeness (QED) is 0.379. The maximum Gasteiger partial charge on any atom is 0.239 e. The number of carbonyl (C=O) groups excluding carboxylic acids is 1. The molecular formula is C21H15BrClN3O2S. The number of furan rings is 1. The van der Waals surface area contributed by atoms with Crippen LogP contribution in [0.1, 0.15) is 11.3 Å². The van der Waals surface area contributed by atoms with Crippen molar-refractivity contribution in [3.63, 3.8) is 0 Å². The maximum atomic E-state index is 12.2. The molecule has 1 unspecified atom stereocenters. The number of amides is 1. The number of hydrogen-bond acceptors (Lipinski definition) is 5. The van der Waals surface area contributed by atoms with Crippen LogP contribution in [0.15, 0.2) is 79.8 Å². The van der Waals surface area contributed by atoms with E-state index in [0.29, 0.717) is 28.1 Å². The van der Waals surface area contributed by atoms with Crippen molar-refractivity contribution in [2.75, 3.05) is 0 Å². The number of benzene rings is 2. The molecule has 0 spiro atoms. The molecule has 1 N–H and O–H groups in total. The fraction of sp³-hybridized carbons (Fsp3) is 0.0952. The summed E-state index contributed by atoms with van der Waals surface area (Å²) in [6.07, 6.45) is 2.13. The first kappa shape index (κ1) is 19.9. The van der Waals surface area contributed by atoms with E-state index in [9.17, 15) is 4.79 Å². The Morgan fingerprint density at radius 2 is 1.93 bits per heavy atom. The highest BCUT2D eigenvalue weighted by Gasteiger charge is 2.30. The van der Waals surface area contributed by atoms with Crippen LogP contribution in [0.5, 0.6) is 0 Å². The van der Waals surface area contributed by atoms with Crippen molar-refractivity contribution in [1.29, 1.82) is 0 Å². The van der Waals surface area contributed by atoms with Gasteiger partial charge in [-0.25, -0.2) is 0 Å². The Bertz CT molecular complexity index is 1100. The molecule has 0 aliphatic carbocycles. The van der Waals surface area contributed by atoms with Crippen molar-refractivity contribution >= 4 is 56.6 Å². The molecule has 3 aromatic rings. The molecule has 4 rings (SSSR count). The minimum Gasteiger partial charge on any atom is -0.455 e. The van der Waals surface area contributed by atoms with Crippen LogP contribution in [0.25, 0.3) is 11.3 Å². The fourth-order valence-corrected chi connectivity index (χ4v) is 4.25. The maximum absolute atomic E-state index is 12.2. The summed E-state index contributed by atoms with van der Waals surface area (Å²) in [7, 11) is 0. The molecule has 146 valence electrons. The molecular weight excluding hydrogens is 474 g/mol. The highest BCUT2D eigenvalue weighted by atomic mass is 79.9. The van der Waals surface area contributed by atoms with Crippen LogP contribution in [0.4, 0.5) is 0 Å². The van der Waals surface area contributed by atoms with Gasteiger partial charge >= 0.3 is 0 Å². The monoisotopic (exact) mass is 487 g/mol. The van der Waals surface area contributed by atoms with Gasteiger partial charge in [-0.1, -0.05) is 63.6 Å². The third-order valence-electron chi connectivity index (χ3n) is 4.21. The highest BCUT2D eigenvalue weighted by molar-refractivity contribution is 9.10. The second-order valence-electron chi connectivity index (χ2n) is 6.26. The van der Waals surface area contributed by atoms with Gasteiger partial charge in [-0.2, -0.15) is 5.10 Å². The molecule has 1 saturated heterocycles. The topological polar surface area (TPSA) is 67.0 Å². The fourth-order valence-electron chi connectivity index (χ4n) is 2.79. The Morgan fingerprint density at radius 3 is 2.72 bits per heavy atom. The normalized spacial score (nSPS) is 17.9. The number of thioether (sulfide) groups is 1. The van der Waals surface area contributed by atoms with E-state index in [-0.39, 0.29) is 11.2 Å². The van der Waals surface area contributed by atoms with Crippen LogP contribution in [0, 0.1) is 0 Å². The number of nitrogens with one attached hydrogen (secondary N) is 1. The highest BCUT2D eigenvalue weighted by Crippen LogP contribution is 2.29. The standard InChI is InChI=1S/C21H15BrClN3O2S/c22-14-7-5-13(6-8-14)11-19-20(27)25-21(29-19)26-24-12-15-9-10-18(28-15)16-3-1-2-4-17(16)23/h1-10,12,19H,11H2,(H,25,26,27). The third kappa shape index (κ3) is 4.98. The van der Waals surface area contributed by atoms with Gasteiger partial charge in [-0.05, 0) is 48.4 Å². The Balaban J connectivity index is 1.39. The van der Waals surface area contributed by atoms with Crippen molar-refractivity contribution < 1.29 is 9.21 Å². The number of hydrogen-bond donors (Lipinski definition) is 1. The van der Waals surface area contributed by atoms with Crippen molar-refractivity contribution in [3.05, 3.63) is 81.5 Å². The lowest BCUT2D eigenvalue weighted by Crippen LogP contribution is -2.25. The Morgan fingerprint density at radius 1 is 1.14 bits per heavy atom. The second-order valence-corrected chi connectivity index (χ2v) is 8.77. The van der Waals surface area contributed by atoms with E-state index in [1.165, 1.54) is 18.0 Å². The smallest absolute Gasteiger partial charge is 0.239 e. The first-order valence-electron chi connectivity index (χ1n) is 8.76. The van der Waals surface area contributed by atoms with Gasteiger partial charge in [0.15, 0.2) is 5.17 Å². The lowest BCUT2D eigenvalue weighted by Gasteiger charge is -2.05. The summed E-state index contributed by atoms with van der Waals surface area (Å²) in [6.45, 7) is 0. The summed E-state index contributed by atoms with van der Waals surface area (Å²) in [6, 6.07) is 19.0. The van der Waals surface area contributed by atoms with Gasteiger partial charge in [0, 0.05) is 10.0 Å². The second kappa shape index (κ2) is 8.98. The van der Waals surface area contributed by atoms with E-state index >= 15 is 0 Å². The SMILES string of the molecule is O=C1N/C(=N\N=Cc2ccc(-c3ccccc3Cl)o2)SC1Cc1ccc(Br)cc1. The zero-order valence-corrected chi connectivity index (χ0v) is 18.2. The molecule has 2 heterocycles. The average molecular weight is 489 g/mol. The van der Waals surface area contributed by atoms with Gasteiger partial charge in [0.2, 0.25) is 5.91 Å². The first-order chi connectivity index (χ1) is 14.1. The van der Waals surface area contributed by atoms with Crippen LogP contribution in [0.3, 0.4) is 0 Å². The van der Waals surface area contributed by atoms with E-state index in [2.05, 4.69) is 31.4 Å². The molecule has 2 aromatic carbocycles. The Hall–Kier alpha value is -2.35. The molecule has 1 aliphatic rings. The van der Waals surface area contributed by atoms with Crippen LogP contribution < -0.4 is 5.32 Å². The van der Waals surface area contributed by atoms with Crippen molar-refractivity contribution in [2.45, 2.75) is 11.7 Å². The van der Waals surface area contributed by atoms with E-state index in [1.54, 1.807) is 6.07 Å². The summed E-state index contributed by atoms with van der Waals surface area (Å²) >= 11 is 11.0. The molecule has 1 atom stereocenters. The van der Waals surface area contributed by atoms with Crippen molar-refractivity contribution in [1.82, 2.24) is 5.32 Å². The molecule has 1 aliphatic heterocycles. The molecule has 0 radical (unpaired) electrons.